The molecule has 8 heteroatoms. The number of nitrogens with zero attached hydrogens (tertiary/aromatic N) is 1. The molecule has 0 saturated carbocycles. The Kier molecular flexibility index (Phi) is 6.10. The van der Waals surface area contributed by atoms with Crippen LogP contribution >= 0.6 is 0 Å². The molecule has 1 aliphatic rings. The molecule has 0 aromatic heterocycles. The van der Waals surface area contributed by atoms with Gasteiger partial charge in [-0.3, -0.25) is 0 Å². The first-order chi connectivity index (χ1) is 12.6. The van der Waals surface area contributed by atoms with E-state index in [1.807, 2.05) is 36.4 Å². The maximum atomic E-state index is 12.3. The maximum Gasteiger partial charge on any atom is 0.279 e. The fourth-order valence-corrected chi connectivity index (χ4v) is 3.85. The topological polar surface area (TPSA) is 79.9 Å². The fourth-order valence-electron chi connectivity index (χ4n) is 2.66. The number of hydrogen-bond acceptors (Lipinski definition) is 5. The van der Waals surface area contributed by atoms with Gasteiger partial charge < -0.3 is 14.8 Å². The van der Waals surface area contributed by atoms with Gasteiger partial charge in [-0.15, -0.1) is 0 Å². The normalized spacial score (nSPS) is 15.6. The minimum Gasteiger partial charge on any atom is -0.493 e. The van der Waals surface area contributed by atoms with Gasteiger partial charge in [0, 0.05) is 32.7 Å². The van der Waals surface area contributed by atoms with Crippen molar-refractivity contribution in [2.24, 2.45) is 0 Å². The van der Waals surface area contributed by atoms with Crippen molar-refractivity contribution in [3.63, 3.8) is 0 Å². The fraction of sp³-hybridized carbons (Fsp3) is 0.333. The van der Waals surface area contributed by atoms with Crippen molar-refractivity contribution in [1.82, 2.24) is 14.3 Å². The predicted molar refractivity (Wildman–Crippen MR) is 99.7 cm³/mol. The Hall–Kier alpha value is -2.13. The molecule has 3 rings (SSSR count). The molecule has 0 aliphatic carbocycles. The van der Waals surface area contributed by atoms with Gasteiger partial charge in [-0.25, -0.2) is 0 Å². The summed E-state index contributed by atoms with van der Waals surface area (Å²) in [5.74, 6) is 1.94. The Balaban J connectivity index is 1.59. The molecule has 0 atom stereocenters. The van der Waals surface area contributed by atoms with Crippen molar-refractivity contribution in [2.75, 3.05) is 33.3 Å². The lowest BCUT2D eigenvalue weighted by atomic mass is 10.2. The van der Waals surface area contributed by atoms with Crippen LogP contribution < -0.4 is 19.5 Å². The van der Waals surface area contributed by atoms with Crippen LogP contribution in [-0.4, -0.2) is 46.0 Å². The zero-order valence-electron chi connectivity index (χ0n) is 14.6. The maximum absolute atomic E-state index is 12.3. The number of piperazine rings is 1. The van der Waals surface area contributed by atoms with Crippen LogP contribution in [0.3, 0.4) is 0 Å². The molecule has 2 N–H and O–H groups in total. The van der Waals surface area contributed by atoms with Gasteiger partial charge in [0.15, 0.2) is 11.5 Å². The summed E-state index contributed by atoms with van der Waals surface area (Å²) in [6.45, 7) is 2.56. The van der Waals surface area contributed by atoms with Crippen LogP contribution in [0.5, 0.6) is 17.2 Å². The van der Waals surface area contributed by atoms with Gasteiger partial charge in [0.1, 0.15) is 5.75 Å². The molecule has 2 aromatic carbocycles. The van der Waals surface area contributed by atoms with E-state index < -0.39 is 10.2 Å². The van der Waals surface area contributed by atoms with Crippen molar-refractivity contribution in [1.29, 1.82) is 0 Å². The Morgan fingerprint density at radius 3 is 2.35 bits per heavy atom. The van der Waals surface area contributed by atoms with E-state index in [2.05, 4.69) is 10.0 Å². The van der Waals surface area contributed by atoms with Gasteiger partial charge in [0.25, 0.3) is 10.2 Å². The minimum absolute atomic E-state index is 0.237. The smallest absolute Gasteiger partial charge is 0.279 e. The summed E-state index contributed by atoms with van der Waals surface area (Å²) >= 11 is 0. The Labute approximate surface area is 154 Å². The first-order valence-corrected chi connectivity index (χ1v) is 9.88. The number of para-hydroxylation sites is 2. The summed E-state index contributed by atoms with van der Waals surface area (Å²) in [6, 6.07) is 14.7. The minimum atomic E-state index is -3.45. The highest BCUT2D eigenvalue weighted by atomic mass is 32.2. The van der Waals surface area contributed by atoms with E-state index in [4.69, 9.17) is 9.47 Å². The van der Waals surface area contributed by atoms with Crippen molar-refractivity contribution in [3.05, 3.63) is 54.1 Å². The van der Waals surface area contributed by atoms with Gasteiger partial charge in [0.05, 0.1) is 7.11 Å². The highest BCUT2D eigenvalue weighted by Gasteiger charge is 2.22. The lowest BCUT2D eigenvalue weighted by molar-refractivity contribution is 0.354. The number of rotatable bonds is 7. The summed E-state index contributed by atoms with van der Waals surface area (Å²) in [4.78, 5) is 0. The number of benzene rings is 2. The van der Waals surface area contributed by atoms with Crippen LogP contribution in [0.2, 0.25) is 0 Å². The van der Waals surface area contributed by atoms with Gasteiger partial charge in [-0.1, -0.05) is 24.3 Å². The number of nitrogens with one attached hydrogen (secondary N) is 2. The first-order valence-electron chi connectivity index (χ1n) is 8.44. The van der Waals surface area contributed by atoms with E-state index in [1.54, 1.807) is 19.2 Å². The molecule has 1 fully saturated rings. The monoisotopic (exact) mass is 377 g/mol. The van der Waals surface area contributed by atoms with Gasteiger partial charge in [0.2, 0.25) is 0 Å². The van der Waals surface area contributed by atoms with Crippen LogP contribution in [0.1, 0.15) is 5.56 Å². The summed E-state index contributed by atoms with van der Waals surface area (Å²) in [5, 5.41) is 3.14. The van der Waals surface area contributed by atoms with Crippen molar-refractivity contribution in [2.45, 2.75) is 6.54 Å². The van der Waals surface area contributed by atoms with Crippen molar-refractivity contribution in [3.8, 4) is 17.2 Å². The molecule has 0 unspecified atom stereocenters. The molecule has 0 bridgehead atoms. The lowest BCUT2D eigenvalue weighted by Gasteiger charge is -2.26. The Morgan fingerprint density at radius 2 is 1.69 bits per heavy atom. The lowest BCUT2D eigenvalue weighted by Crippen LogP contribution is -2.50. The van der Waals surface area contributed by atoms with E-state index >= 15 is 0 Å². The van der Waals surface area contributed by atoms with Gasteiger partial charge >= 0.3 is 0 Å². The molecule has 1 heterocycles. The molecule has 2 aromatic rings. The second-order valence-electron chi connectivity index (χ2n) is 5.87. The second-order valence-corrected chi connectivity index (χ2v) is 7.63. The summed E-state index contributed by atoms with van der Waals surface area (Å²) in [7, 11) is -1.86. The van der Waals surface area contributed by atoms with E-state index in [9.17, 15) is 8.42 Å². The molecule has 1 saturated heterocycles. The molecule has 7 nitrogen and oxygen atoms in total. The standard InChI is InChI=1S/C18H23N3O4S/c1-24-17-4-2-3-5-18(17)25-16-8-6-15(7-9-16)14-20-26(22,23)21-12-10-19-11-13-21/h2-9,19-20H,10-14H2,1H3. The molecule has 0 spiro atoms. The average molecular weight is 377 g/mol. The Morgan fingerprint density at radius 1 is 1.04 bits per heavy atom. The molecule has 26 heavy (non-hydrogen) atoms. The van der Waals surface area contributed by atoms with E-state index in [0.717, 1.165) is 5.56 Å². The zero-order chi connectivity index (χ0) is 18.4. The third-order valence-corrected chi connectivity index (χ3v) is 5.65. The summed E-state index contributed by atoms with van der Waals surface area (Å²) in [6.07, 6.45) is 0. The second kappa shape index (κ2) is 8.50. The van der Waals surface area contributed by atoms with Gasteiger partial charge in [-0.05, 0) is 29.8 Å². The SMILES string of the molecule is COc1ccccc1Oc1ccc(CNS(=O)(=O)N2CCNCC2)cc1. The van der Waals surface area contributed by atoms with Crippen molar-refractivity contribution < 1.29 is 17.9 Å². The molecular formula is C18H23N3O4S. The van der Waals surface area contributed by atoms with Crippen LogP contribution in [0.4, 0.5) is 0 Å². The van der Waals surface area contributed by atoms with Gasteiger partial charge in [-0.2, -0.15) is 17.4 Å². The first kappa shape index (κ1) is 18.7. The Bertz CT molecular complexity index is 819. The van der Waals surface area contributed by atoms with E-state index in [0.29, 0.717) is 43.4 Å². The van der Waals surface area contributed by atoms with Crippen LogP contribution in [0.15, 0.2) is 48.5 Å². The van der Waals surface area contributed by atoms with Crippen LogP contribution in [0.25, 0.3) is 0 Å². The quantitative estimate of drug-likeness (QED) is 0.768. The van der Waals surface area contributed by atoms with E-state index in [1.165, 1.54) is 4.31 Å². The molecule has 0 radical (unpaired) electrons. The third kappa shape index (κ3) is 4.73. The summed E-state index contributed by atoms with van der Waals surface area (Å²) < 4.78 is 39.8. The largest absolute Gasteiger partial charge is 0.493 e. The number of hydrogen-bond donors (Lipinski definition) is 2. The van der Waals surface area contributed by atoms with Crippen molar-refractivity contribution >= 4 is 10.2 Å². The highest BCUT2D eigenvalue weighted by Crippen LogP contribution is 2.30. The summed E-state index contributed by atoms with van der Waals surface area (Å²) in [5.41, 5.74) is 0.857. The third-order valence-electron chi connectivity index (χ3n) is 4.09. The predicted octanol–water partition coefficient (Wildman–Crippen LogP) is 1.73. The average Bonchev–Trinajstić information content (AvgIpc) is 2.69. The molecule has 140 valence electrons. The van der Waals surface area contributed by atoms with E-state index in [-0.39, 0.29) is 6.54 Å². The molecule has 0 amide bonds. The van der Waals surface area contributed by atoms with Crippen LogP contribution in [-0.2, 0) is 16.8 Å². The number of ether oxygens (including phenoxy) is 2. The van der Waals surface area contributed by atoms with Crippen LogP contribution in [0, 0.1) is 0 Å². The number of methoxy groups -OCH3 is 1. The zero-order valence-corrected chi connectivity index (χ0v) is 15.5. The molecular weight excluding hydrogens is 354 g/mol. The highest BCUT2D eigenvalue weighted by molar-refractivity contribution is 7.87. The molecule has 1 aliphatic heterocycles.